The van der Waals surface area contributed by atoms with Crippen molar-refractivity contribution in [2.45, 2.75) is 27.7 Å². The summed E-state index contributed by atoms with van der Waals surface area (Å²) in [6.45, 7) is 8.30. The Hall–Kier alpha value is -2.48. The molecule has 0 amide bonds. The van der Waals surface area contributed by atoms with E-state index < -0.39 is 0 Å². The van der Waals surface area contributed by atoms with E-state index in [9.17, 15) is 9.59 Å². The van der Waals surface area contributed by atoms with Crippen LogP contribution in [-0.4, -0.2) is 11.6 Å². The van der Waals surface area contributed by atoms with Crippen LogP contribution >= 0.6 is 0 Å². The number of ketones is 2. The lowest BCUT2D eigenvalue weighted by molar-refractivity contribution is 0.0722. The fourth-order valence-corrected chi connectivity index (χ4v) is 4.41. The minimum atomic E-state index is -0.244. The van der Waals surface area contributed by atoms with Gasteiger partial charge in [0.1, 0.15) is 0 Å². The van der Waals surface area contributed by atoms with Crippen LogP contribution in [0.15, 0.2) is 71.8 Å². The molecule has 0 unspecified atom stereocenters. The highest BCUT2D eigenvalue weighted by atomic mass is 16.1. The quantitative estimate of drug-likeness (QED) is 0.533. The maximum absolute atomic E-state index is 13.2. The third kappa shape index (κ3) is 3.16. The Bertz CT molecular complexity index is 833. The van der Waals surface area contributed by atoms with Crippen molar-refractivity contribution in [2.24, 2.45) is 23.7 Å². The fraction of sp³-hybridized carbons (Fsp3) is 0.333. The van der Waals surface area contributed by atoms with E-state index in [-0.39, 0.29) is 35.2 Å². The number of Topliss-reactive ketones (excluding diaryl/α,β-unsaturated/α-hetero) is 2. The first-order chi connectivity index (χ1) is 12.4. The highest BCUT2D eigenvalue weighted by Gasteiger charge is 2.44. The van der Waals surface area contributed by atoms with Gasteiger partial charge in [-0.05, 0) is 25.7 Å². The minimum absolute atomic E-state index is 0.0332. The Kier molecular flexibility index (Phi) is 5.22. The first-order valence-electron chi connectivity index (χ1n) is 9.29. The molecule has 134 valence electrons. The van der Waals surface area contributed by atoms with E-state index in [0.29, 0.717) is 0 Å². The topological polar surface area (TPSA) is 34.1 Å². The van der Waals surface area contributed by atoms with Gasteiger partial charge in [-0.25, -0.2) is 0 Å². The monoisotopic (exact) mass is 346 g/mol. The highest BCUT2D eigenvalue weighted by molar-refractivity contribution is 6.02. The largest absolute Gasteiger partial charge is 0.294 e. The molecular weight excluding hydrogens is 320 g/mol. The molecule has 1 aliphatic carbocycles. The van der Waals surface area contributed by atoms with Crippen LogP contribution in [0.3, 0.4) is 0 Å². The summed E-state index contributed by atoms with van der Waals surface area (Å²) in [6.07, 6.45) is 0. The molecule has 0 bridgehead atoms. The van der Waals surface area contributed by atoms with Gasteiger partial charge >= 0.3 is 0 Å². The van der Waals surface area contributed by atoms with Gasteiger partial charge < -0.3 is 0 Å². The molecule has 0 heterocycles. The molecular formula is C24H26O2. The van der Waals surface area contributed by atoms with Gasteiger partial charge in [-0.3, -0.25) is 9.59 Å². The average molecular weight is 346 g/mol. The molecule has 0 spiro atoms. The van der Waals surface area contributed by atoms with Crippen molar-refractivity contribution in [3.63, 3.8) is 0 Å². The number of carbonyl (C=O) groups is 2. The molecule has 0 saturated heterocycles. The third-order valence-electron chi connectivity index (χ3n) is 6.10. The van der Waals surface area contributed by atoms with E-state index in [0.717, 1.165) is 16.7 Å². The van der Waals surface area contributed by atoms with Crippen LogP contribution in [0.4, 0.5) is 0 Å². The molecule has 26 heavy (non-hydrogen) atoms. The molecule has 0 N–H and O–H groups in total. The third-order valence-corrected chi connectivity index (χ3v) is 6.10. The molecule has 0 radical (unpaired) electrons. The van der Waals surface area contributed by atoms with Crippen LogP contribution in [0.5, 0.6) is 0 Å². The second kappa shape index (κ2) is 7.41. The lowest BCUT2D eigenvalue weighted by Crippen LogP contribution is -2.41. The lowest BCUT2D eigenvalue weighted by Gasteiger charge is -2.40. The molecule has 2 nitrogen and oxygen atoms in total. The maximum atomic E-state index is 13.2. The summed E-state index contributed by atoms with van der Waals surface area (Å²) < 4.78 is 0. The predicted molar refractivity (Wildman–Crippen MR) is 105 cm³/mol. The van der Waals surface area contributed by atoms with Gasteiger partial charge in [0.25, 0.3) is 0 Å². The van der Waals surface area contributed by atoms with Crippen LogP contribution in [-0.2, 0) is 0 Å². The Labute approximate surface area is 155 Å². The van der Waals surface area contributed by atoms with E-state index in [1.165, 1.54) is 5.57 Å². The Morgan fingerprint density at radius 1 is 0.692 bits per heavy atom. The smallest absolute Gasteiger partial charge is 0.170 e. The molecule has 2 heteroatoms. The Morgan fingerprint density at radius 2 is 1.15 bits per heavy atom. The van der Waals surface area contributed by atoms with Gasteiger partial charge in [-0.1, -0.05) is 85.7 Å². The fourth-order valence-electron chi connectivity index (χ4n) is 4.41. The van der Waals surface area contributed by atoms with Crippen LogP contribution in [0, 0.1) is 23.7 Å². The van der Waals surface area contributed by atoms with Crippen molar-refractivity contribution in [3.8, 4) is 0 Å². The van der Waals surface area contributed by atoms with Gasteiger partial charge in [-0.15, -0.1) is 0 Å². The molecule has 0 fully saturated rings. The van der Waals surface area contributed by atoms with Gasteiger partial charge in [0.05, 0.1) is 0 Å². The van der Waals surface area contributed by atoms with Crippen molar-refractivity contribution in [1.29, 1.82) is 0 Å². The van der Waals surface area contributed by atoms with Gasteiger partial charge in [0.15, 0.2) is 11.6 Å². The summed E-state index contributed by atoms with van der Waals surface area (Å²) in [6, 6.07) is 18.9. The molecule has 2 aromatic rings. The standard InChI is InChI=1S/C24H26O2/c1-15-16(2)21(23(25)19-11-7-5-8-12-19)18(4)22(17(15)3)24(26)20-13-9-6-10-14-20/h5-14,16,18,21-22H,1-4H3/t16-,18-,21-,22-/m1/s1. The van der Waals surface area contributed by atoms with Crippen LogP contribution in [0.25, 0.3) is 0 Å². The number of hydrogen-bond donors (Lipinski definition) is 0. The zero-order valence-electron chi connectivity index (χ0n) is 15.9. The maximum Gasteiger partial charge on any atom is 0.170 e. The SMILES string of the molecule is CC1=C(C)[C@@H](C)[C@@H](C(=O)c2ccccc2)[C@@H](C)[C@@H]1C(=O)c1ccccc1. The van der Waals surface area contributed by atoms with E-state index >= 15 is 0 Å². The first kappa shape index (κ1) is 18.3. The normalized spacial score (nSPS) is 25.8. The summed E-state index contributed by atoms with van der Waals surface area (Å²) in [5.74, 6) is -0.0623. The second-order valence-electron chi connectivity index (χ2n) is 7.48. The summed E-state index contributed by atoms with van der Waals surface area (Å²) in [4.78, 5) is 26.5. The minimum Gasteiger partial charge on any atom is -0.294 e. The van der Waals surface area contributed by atoms with E-state index in [1.807, 2.05) is 60.7 Å². The highest BCUT2D eigenvalue weighted by Crippen LogP contribution is 2.44. The molecule has 3 rings (SSSR count). The predicted octanol–water partition coefficient (Wildman–Crippen LogP) is 5.61. The molecule has 0 saturated carbocycles. The molecule has 1 aliphatic rings. The van der Waals surface area contributed by atoms with Gasteiger partial charge in [-0.2, -0.15) is 0 Å². The summed E-state index contributed by atoms with van der Waals surface area (Å²) in [5, 5.41) is 0. The second-order valence-corrected chi connectivity index (χ2v) is 7.48. The zero-order chi connectivity index (χ0) is 18.8. The van der Waals surface area contributed by atoms with E-state index in [4.69, 9.17) is 0 Å². The van der Waals surface area contributed by atoms with E-state index in [2.05, 4.69) is 27.7 Å². The number of hydrogen-bond acceptors (Lipinski definition) is 2. The first-order valence-corrected chi connectivity index (χ1v) is 9.29. The lowest BCUT2D eigenvalue weighted by atomic mass is 9.62. The van der Waals surface area contributed by atoms with Crippen molar-refractivity contribution in [2.75, 3.05) is 0 Å². The summed E-state index contributed by atoms with van der Waals surface area (Å²) in [5.41, 5.74) is 3.74. The van der Waals surface area contributed by atoms with Crippen molar-refractivity contribution in [1.82, 2.24) is 0 Å². The van der Waals surface area contributed by atoms with Gasteiger partial charge in [0.2, 0.25) is 0 Å². The Morgan fingerprint density at radius 3 is 1.65 bits per heavy atom. The van der Waals surface area contributed by atoms with Crippen LogP contribution in [0.1, 0.15) is 48.4 Å². The van der Waals surface area contributed by atoms with Crippen LogP contribution < -0.4 is 0 Å². The Balaban J connectivity index is 2.01. The molecule has 4 atom stereocenters. The molecule has 0 aliphatic heterocycles. The summed E-state index contributed by atoms with van der Waals surface area (Å²) in [7, 11) is 0. The van der Waals surface area contributed by atoms with Crippen molar-refractivity contribution in [3.05, 3.63) is 82.9 Å². The molecule has 2 aromatic carbocycles. The number of benzene rings is 2. The molecule has 0 aromatic heterocycles. The zero-order valence-corrected chi connectivity index (χ0v) is 15.9. The van der Waals surface area contributed by atoms with Crippen molar-refractivity contribution >= 4 is 11.6 Å². The van der Waals surface area contributed by atoms with Gasteiger partial charge in [0, 0.05) is 23.0 Å². The number of carbonyl (C=O) groups excluding carboxylic acids is 2. The van der Waals surface area contributed by atoms with Crippen LogP contribution in [0.2, 0.25) is 0 Å². The van der Waals surface area contributed by atoms with Crippen molar-refractivity contribution < 1.29 is 9.59 Å². The number of rotatable bonds is 4. The average Bonchev–Trinajstić information content (AvgIpc) is 2.67. The summed E-state index contributed by atoms with van der Waals surface area (Å²) >= 11 is 0. The van der Waals surface area contributed by atoms with E-state index in [1.54, 1.807) is 0 Å². The number of allylic oxidation sites excluding steroid dienone is 2.